The lowest BCUT2D eigenvalue weighted by Gasteiger charge is -2.28. The van der Waals surface area contributed by atoms with Crippen LogP contribution in [0.4, 0.5) is 0 Å². The first-order valence-electron chi connectivity index (χ1n) is 6.93. The van der Waals surface area contributed by atoms with Gasteiger partial charge in [-0.1, -0.05) is 30.3 Å². The Hall–Kier alpha value is -0.770. The number of hydrogen-bond acceptors (Lipinski definition) is 2. The van der Waals surface area contributed by atoms with Gasteiger partial charge in [-0.2, -0.15) is 0 Å². The molecule has 0 aromatic heterocycles. The highest BCUT2D eigenvalue weighted by molar-refractivity contribution is 6.27. The van der Waals surface area contributed by atoms with Gasteiger partial charge in [-0.25, -0.2) is 0 Å². The predicted molar refractivity (Wildman–Crippen MR) is 85.6 cm³/mol. The van der Waals surface area contributed by atoms with Gasteiger partial charge in [-0.3, -0.25) is 9.69 Å². The molecule has 1 aliphatic heterocycles. The smallest absolute Gasteiger partial charge is 0.234 e. The van der Waals surface area contributed by atoms with Crippen molar-refractivity contribution in [1.82, 2.24) is 10.2 Å². The number of nitrogens with one attached hydrogen (secondary N) is 1. The van der Waals surface area contributed by atoms with Crippen molar-refractivity contribution in [2.45, 2.75) is 25.3 Å². The second kappa shape index (κ2) is 9.22. The van der Waals surface area contributed by atoms with Gasteiger partial charge in [-0.05, 0) is 37.9 Å². The third-order valence-corrected chi connectivity index (χ3v) is 3.87. The molecule has 0 saturated carbocycles. The summed E-state index contributed by atoms with van der Waals surface area (Å²) in [7, 11) is 0. The maximum absolute atomic E-state index is 11.2. The Labute approximate surface area is 132 Å². The monoisotopic (exact) mass is 316 g/mol. The van der Waals surface area contributed by atoms with Gasteiger partial charge in [0.2, 0.25) is 5.91 Å². The summed E-state index contributed by atoms with van der Waals surface area (Å²) < 4.78 is 0. The van der Waals surface area contributed by atoms with Crippen molar-refractivity contribution in [3.8, 4) is 0 Å². The summed E-state index contributed by atoms with van der Waals surface area (Å²) in [4.78, 5) is 13.7. The summed E-state index contributed by atoms with van der Waals surface area (Å²) in [5.41, 5.74) is 1.34. The minimum atomic E-state index is -0.0881. The Kier molecular flexibility index (Phi) is 7.97. The lowest BCUT2D eigenvalue weighted by atomic mass is 10.0. The van der Waals surface area contributed by atoms with Gasteiger partial charge < -0.3 is 5.32 Å². The molecule has 1 aliphatic rings. The van der Waals surface area contributed by atoms with Gasteiger partial charge in [0, 0.05) is 12.6 Å². The number of rotatable bonds is 6. The maximum atomic E-state index is 11.2. The summed E-state index contributed by atoms with van der Waals surface area (Å²) in [6, 6.07) is 10.9. The molecule has 1 N–H and O–H groups in total. The van der Waals surface area contributed by atoms with Crippen molar-refractivity contribution in [3.63, 3.8) is 0 Å². The Morgan fingerprint density at radius 2 is 1.90 bits per heavy atom. The van der Waals surface area contributed by atoms with E-state index in [1.54, 1.807) is 0 Å². The first kappa shape index (κ1) is 17.3. The molecule has 1 aromatic carbocycles. The van der Waals surface area contributed by atoms with E-state index < -0.39 is 0 Å². The summed E-state index contributed by atoms with van der Waals surface area (Å²) in [5.74, 6) is -0.0467. The topological polar surface area (TPSA) is 32.3 Å². The molecule has 5 heteroatoms. The molecule has 1 saturated heterocycles. The molecule has 0 radical (unpaired) electrons. The summed E-state index contributed by atoms with van der Waals surface area (Å²) in [5, 5.41) is 2.86. The Morgan fingerprint density at radius 1 is 1.25 bits per heavy atom. The quantitative estimate of drug-likeness (QED) is 0.818. The second-order valence-corrected chi connectivity index (χ2v) is 5.21. The van der Waals surface area contributed by atoms with E-state index in [0.717, 1.165) is 19.5 Å². The maximum Gasteiger partial charge on any atom is 0.234 e. The van der Waals surface area contributed by atoms with Crippen LogP contribution in [0.25, 0.3) is 0 Å². The highest BCUT2D eigenvalue weighted by atomic mass is 35.5. The molecule has 1 aromatic rings. The number of nitrogens with zero attached hydrogens (tertiary/aromatic N) is 1. The molecular weight excluding hydrogens is 295 g/mol. The number of halogens is 2. The third-order valence-electron chi connectivity index (χ3n) is 3.63. The van der Waals surface area contributed by atoms with E-state index in [2.05, 4.69) is 34.5 Å². The lowest BCUT2D eigenvalue weighted by Crippen LogP contribution is -2.31. The Morgan fingerprint density at radius 3 is 2.50 bits per heavy atom. The molecule has 20 heavy (non-hydrogen) atoms. The molecule has 1 atom stereocenters. The number of carbonyl (C=O) groups is 1. The van der Waals surface area contributed by atoms with Gasteiger partial charge in [-0.15, -0.1) is 24.0 Å². The minimum absolute atomic E-state index is 0. The predicted octanol–water partition coefficient (Wildman–Crippen LogP) is 2.99. The number of carbonyl (C=O) groups excluding carboxylic acids is 1. The number of likely N-dealkylation sites (tertiary alicyclic amines) is 1. The highest BCUT2D eigenvalue weighted by Gasteiger charge is 2.22. The summed E-state index contributed by atoms with van der Waals surface area (Å²) in [6.45, 7) is 2.99. The first-order valence-corrected chi connectivity index (χ1v) is 7.46. The van der Waals surface area contributed by atoms with E-state index >= 15 is 0 Å². The standard InChI is InChI=1S/C15H21ClN2O.ClH/c16-12-15(19)17-9-8-14(18-10-4-5-11-18)13-6-2-1-3-7-13;/h1-3,6-7,14H,4-5,8-12H2,(H,17,19);1H. The van der Waals surface area contributed by atoms with Crippen molar-refractivity contribution in [3.05, 3.63) is 35.9 Å². The molecule has 112 valence electrons. The van der Waals surface area contributed by atoms with Gasteiger partial charge in [0.1, 0.15) is 5.88 Å². The van der Waals surface area contributed by atoms with E-state index in [1.165, 1.54) is 18.4 Å². The minimum Gasteiger partial charge on any atom is -0.355 e. The van der Waals surface area contributed by atoms with Crippen LogP contribution >= 0.6 is 24.0 Å². The molecular formula is C15H22Cl2N2O. The lowest BCUT2D eigenvalue weighted by molar-refractivity contribution is -0.118. The zero-order valence-corrected chi connectivity index (χ0v) is 13.1. The molecule has 1 fully saturated rings. The molecule has 2 rings (SSSR count). The van der Waals surface area contributed by atoms with Crippen LogP contribution in [0.1, 0.15) is 30.9 Å². The second-order valence-electron chi connectivity index (χ2n) is 4.94. The Bertz CT molecular complexity index is 394. The number of alkyl halides is 1. The van der Waals surface area contributed by atoms with Crippen LogP contribution in [0.15, 0.2) is 30.3 Å². The van der Waals surface area contributed by atoms with Crippen molar-refractivity contribution in [2.75, 3.05) is 25.5 Å². The zero-order chi connectivity index (χ0) is 13.5. The fourth-order valence-corrected chi connectivity index (χ4v) is 2.78. The van der Waals surface area contributed by atoms with Crippen LogP contribution in [0.2, 0.25) is 0 Å². The van der Waals surface area contributed by atoms with Crippen molar-refractivity contribution >= 4 is 29.9 Å². The molecule has 0 bridgehead atoms. The summed E-state index contributed by atoms with van der Waals surface area (Å²) in [6.07, 6.45) is 3.49. The van der Waals surface area contributed by atoms with E-state index in [1.807, 2.05) is 6.07 Å². The largest absolute Gasteiger partial charge is 0.355 e. The third kappa shape index (κ3) is 4.97. The number of hydrogen-bond donors (Lipinski definition) is 1. The van der Waals surface area contributed by atoms with Crippen LogP contribution in [0, 0.1) is 0 Å². The fourth-order valence-electron chi connectivity index (χ4n) is 2.68. The highest BCUT2D eigenvalue weighted by Crippen LogP contribution is 2.27. The Balaban J connectivity index is 0.00000200. The molecule has 0 spiro atoms. The van der Waals surface area contributed by atoms with Crippen molar-refractivity contribution in [1.29, 1.82) is 0 Å². The van der Waals surface area contributed by atoms with Crippen LogP contribution in [-0.4, -0.2) is 36.3 Å². The van der Waals surface area contributed by atoms with E-state index in [0.29, 0.717) is 12.6 Å². The van der Waals surface area contributed by atoms with Gasteiger partial charge in [0.05, 0.1) is 0 Å². The average molecular weight is 317 g/mol. The molecule has 1 unspecified atom stereocenters. The van der Waals surface area contributed by atoms with Crippen LogP contribution in [-0.2, 0) is 4.79 Å². The zero-order valence-electron chi connectivity index (χ0n) is 11.6. The normalized spacial score (nSPS) is 16.4. The van der Waals surface area contributed by atoms with Gasteiger partial charge in [0.25, 0.3) is 0 Å². The van der Waals surface area contributed by atoms with Crippen LogP contribution in [0.3, 0.4) is 0 Å². The van der Waals surface area contributed by atoms with Crippen LogP contribution in [0.5, 0.6) is 0 Å². The number of benzene rings is 1. The van der Waals surface area contributed by atoms with Gasteiger partial charge in [0.15, 0.2) is 0 Å². The fraction of sp³-hybridized carbons (Fsp3) is 0.533. The first-order chi connectivity index (χ1) is 9.31. The number of amides is 1. The van der Waals surface area contributed by atoms with Gasteiger partial charge >= 0.3 is 0 Å². The molecule has 1 heterocycles. The van der Waals surface area contributed by atoms with E-state index in [9.17, 15) is 4.79 Å². The van der Waals surface area contributed by atoms with Crippen molar-refractivity contribution in [2.24, 2.45) is 0 Å². The van der Waals surface area contributed by atoms with Crippen LogP contribution < -0.4 is 5.32 Å². The molecule has 3 nitrogen and oxygen atoms in total. The summed E-state index contributed by atoms with van der Waals surface area (Å²) >= 11 is 5.49. The molecule has 0 aliphatic carbocycles. The average Bonchev–Trinajstić information content (AvgIpc) is 2.98. The van der Waals surface area contributed by atoms with E-state index in [4.69, 9.17) is 11.6 Å². The molecule has 1 amide bonds. The van der Waals surface area contributed by atoms with E-state index in [-0.39, 0.29) is 24.2 Å². The SMILES string of the molecule is Cl.O=C(CCl)NCCC(c1ccccc1)N1CCCC1. The van der Waals surface area contributed by atoms with Crippen molar-refractivity contribution < 1.29 is 4.79 Å².